The number of nitrogens with one attached hydrogen (secondary N) is 1. The quantitative estimate of drug-likeness (QED) is 0.849. The normalized spacial score (nSPS) is 10.0. The fourth-order valence-electron chi connectivity index (χ4n) is 2.10. The molecule has 0 aromatic heterocycles. The van der Waals surface area contributed by atoms with Gasteiger partial charge in [-0.25, -0.2) is 0 Å². The van der Waals surface area contributed by atoms with Gasteiger partial charge in [-0.1, -0.05) is 12.1 Å². The molecule has 0 atom stereocenters. The molecule has 0 aliphatic heterocycles. The number of hydrogen-bond acceptors (Lipinski definition) is 4. The smallest absolute Gasteiger partial charge is 0.255 e. The fraction of sp³-hybridized carbons (Fsp3) is 0.176. The zero-order chi connectivity index (χ0) is 16.8. The molecule has 0 aliphatic rings. The Kier molecular flexibility index (Phi) is 5.19. The Labute approximate surface area is 134 Å². The van der Waals surface area contributed by atoms with Gasteiger partial charge >= 0.3 is 0 Å². The topological polar surface area (TPSA) is 90.7 Å². The van der Waals surface area contributed by atoms with Crippen LogP contribution < -0.4 is 20.5 Å². The van der Waals surface area contributed by atoms with E-state index < -0.39 is 5.91 Å². The summed E-state index contributed by atoms with van der Waals surface area (Å²) in [5.74, 6) is 0.207. The molecule has 0 spiro atoms. The van der Waals surface area contributed by atoms with Gasteiger partial charge in [0.15, 0.2) is 0 Å². The first-order chi connectivity index (χ1) is 11.0. The lowest BCUT2D eigenvalue weighted by Gasteiger charge is -2.11. The number of ether oxygens (including phenoxy) is 2. The Morgan fingerprint density at radius 2 is 1.87 bits per heavy atom. The summed E-state index contributed by atoms with van der Waals surface area (Å²) in [4.78, 5) is 23.5. The molecular formula is C17H18N2O4. The molecule has 0 saturated carbocycles. The van der Waals surface area contributed by atoms with E-state index in [2.05, 4.69) is 5.32 Å². The first-order valence-corrected chi connectivity index (χ1v) is 6.94. The van der Waals surface area contributed by atoms with Crippen molar-refractivity contribution in [1.82, 2.24) is 5.32 Å². The van der Waals surface area contributed by atoms with E-state index >= 15 is 0 Å². The highest BCUT2D eigenvalue weighted by Crippen LogP contribution is 2.23. The number of primary amides is 1. The first kappa shape index (κ1) is 16.4. The van der Waals surface area contributed by atoms with E-state index in [0.717, 1.165) is 5.56 Å². The third kappa shape index (κ3) is 4.00. The molecule has 23 heavy (non-hydrogen) atoms. The van der Waals surface area contributed by atoms with E-state index in [0.29, 0.717) is 22.6 Å². The van der Waals surface area contributed by atoms with Crippen LogP contribution in [0, 0.1) is 0 Å². The summed E-state index contributed by atoms with van der Waals surface area (Å²) in [6.07, 6.45) is 0. The van der Waals surface area contributed by atoms with Crippen molar-refractivity contribution in [3.05, 3.63) is 59.2 Å². The van der Waals surface area contributed by atoms with Crippen molar-refractivity contribution in [3.8, 4) is 11.5 Å². The molecule has 2 rings (SSSR count). The molecule has 6 nitrogen and oxygen atoms in total. The minimum Gasteiger partial charge on any atom is -0.497 e. The van der Waals surface area contributed by atoms with Gasteiger partial charge in [-0.3, -0.25) is 9.59 Å². The summed E-state index contributed by atoms with van der Waals surface area (Å²) in [6.45, 7) is 0.264. The monoisotopic (exact) mass is 314 g/mol. The number of methoxy groups -OCH3 is 2. The van der Waals surface area contributed by atoms with Gasteiger partial charge < -0.3 is 20.5 Å². The van der Waals surface area contributed by atoms with E-state index in [1.807, 2.05) is 0 Å². The minimum absolute atomic E-state index is 0.264. The second-order valence-corrected chi connectivity index (χ2v) is 4.81. The lowest BCUT2D eigenvalue weighted by atomic mass is 10.1. The maximum atomic E-state index is 12.3. The summed E-state index contributed by atoms with van der Waals surface area (Å²) in [6, 6.07) is 11.8. The largest absolute Gasteiger partial charge is 0.497 e. The molecule has 0 aliphatic carbocycles. The van der Waals surface area contributed by atoms with Gasteiger partial charge in [-0.15, -0.1) is 0 Å². The van der Waals surface area contributed by atoms with E-state index in [9.17, 15) is 9.59 Å². The van der Waals surface area contributed by atoms with Crippen molar-refractivity contribution >= 4 is 11.8 Å². The molecule has 2 aromatic carbocycles. The molecule has 2 amide bonds. The number of amides is 2. The highest BCUT2D eigenvalue weighted by Gasteiger charge is 2.13. The summed E-state index contributed by atoms with van der Waals surface area (Å²) < 4.78 is 10.3. The minimum atomic E-state index is -0.507. The third-order valence-corrected chi connectivity index (χ3v) is 3.32. The predicted octanol–water partition coefficient (Wildman–Crippen LogP) is 1.73. The Morgan fingerprint density at radius 3 is 2.52 bits per heavy atom. The Hall–Kier alpha value is -3.02. The van der Waals surface area contributed by atoms with Crippen molar-refractivity contribution in [1.29, 1.82) is 0 Å². The molecule has 0 unspecified atom stereocenters. The number of carbonyl (C=O) groups is 2. The van der Waals surface area contributed by atoms with Gasteiger partial charge in [0, 0.05) is 12.1 Å². The van der Waals surface area contributed by atoms with Gasteiger partial charge in [-0.2, -0.15) is 0 Å². The average Bonchev–Trinajstić information content (AvgIpc) is 2.59. The highest BCUT2D eigenvalue weighted by molar-refractivity contribution is 5.97. The van der Waals surface area contributed by atoms with Gasteiger partial charge in [0.25, 0.3) is 5.91 Å². The lowest BCUT2D eigenvalue weighted by Crippen LogP contribution is -2.23. The molecule has 0 bridgehead atoms. The summed E-state index contributed by atoms with van der Waals surface area (Å²) >= 11 is 0. The first-order valence-electron chi connectivity index (χ1n) is 6.94. The van der Waals surface area contributed by atoms with Crippen molar-refractivity contribution < 1.29 is 19.1 Å². The second-order valence-electron chi connectivity index (χ2n) is 4.81. The zero-order valence-electron chi connectivity index (χ0n) is 13.0. The Morgan fingerprint density at radius 1 is 1.09 bits per heavy atom. The van der Waals surface area contributed by atoms with Crippen LogP contribution in [0.1, 0.15) is 26.3 Å². The van der Waals surface area contributed by atoms with Crippen LogP contribution in [0.15, 0.2) is 42.5 Å². The van der Waals surface area contributed by atoms with Crippen molar-refractivity contribution in [2.24, 2.45) is 5.73 Å². The van der Waals surface area contributed by atoms with Crippen LogP contribution in [0.5, 0.6) is 11.5 Å². The summed E-state index contributed by atoms with van der Waals surface area (Å²) in [5, 5.41) is 2.78. The zero-order valence-corrected chi connectivity index (χ0v) is 13.0. The molecule has 3 N–H and O–H groups in total. The molecule has 6 heteroatoms. The van der Waals surface area contributed by atoms with Crippen LogP contribution in [-0.4, -0.2) is 26.0 Å². The van der Waals surface area contributed by atoms with Gasteiger partial charge in [0.1, 0.15) is 11.5 Å². The number of nitrogens with two attached hydrogens (primary N) is 1. The van der Waals surface area contributed by atoms with Gasteiger partial charge in [0.05, 0.1) is 19.8 Å². The van der Waals surface area contributed by atoms with E-state index in [-0.39, 0.29) is 12.5 Å². The maximum Gasteiger partial charge on any atom is 0.255 e. The second kappa shape index (κ2) is 7.31. The van der Waals surface area contributed by atoms with Gasteiger partial charge in [-0.05, 0) is 35.9 Å². The van der Waals surface area contributed by atoms with E-state index in [1.165, 1.54) is 14.2 Å². The standard InChI is InChI=1S/C17H18N2O4/c1-22-13-6-7-15(23-2)14(9-13)17(21)19-10-11-4-3-5-12(8-11)16(18)20/h3-9H,10H2,1-2H3,(H2,18,20)(H,19,21). The SMILES string of the molecule is COc1ccc(OC)c(C(=O)NCc2cccc(C(N)=O)c2)c1. The number of benzene rings is 2. The number of rotatable bonds is 6. The Balaban J connectivity index is 2.13. The molecule has 0 radical (unpaired) electrons. The Bertz CT molecular complexity index is 728. The van der Waals surface area contributed by atoms with Crippen LogP contribution >= 0.6 is 0 Å². The average molecular weight is 314 g/mol. The molecule has 0 heterocycles. The highest BCUT2D eigenvalue weighted by atomic mass is 16.5. The van der Waals surface area contributed by atoms with Crippen LogP contribution in [0.3, 0.4) is 0 Å². The molecule has 0 saturated heterocycles. The number of hydrogen-bond donors (Lipinski definition) is 2. The summed E-state index contributed by atoms with van der Waals surface area (Å²) in [7, 11) is 3.02. The predicted molar refractivity (Wildman–Crippen MR) is 85.7 cm³/mol. The van der Waals surface area contributed by atoms with Crippen molar-refractivity contribution in [2.45, 2.75) is 6.54 Å². The van der Waals surface area contributed by atoms with Crippen molar-refractivity contribution in [3.63, 3.8) is 0 Å². The number of carbonyl (C=O) groups excluding carboxylic acids is 2. The lowest BCUT2D eigenvalue weighted by molar-refractivity contribution is 0.0947. The van der Waals surface area contributed by atoms with Crippen LogP contribution in [0.25, 0.3) is 0 Å². The van der Waals surface area contributed by atoms with Gasteiger partial charge in [0.2, 0.25) is 5.91 Å². The fourth-order valence-corrected chi connectivity index (χ4v) is 2.10. The molecule has 2 aromatic rings. The third-order valence-electron chi connectivity index (χ3n) is 3.32. The maximum absolute atomic E-state index is 12.3. The molecule has 0 fully saturated rings. The summed E-state index contributed by atoms with van der Waals surface area (Å²) in [5.41, 5.74) is 6.79. The van der Waals surface area contributed by atoms with Crippen LogP contribution in [-0.2, 0) is 6.54 Å². The van der Waals surface area contributed by atoms with Crippen LogP contribution in [0.2, 0.25) is 0 Å². The van der Waals surface area contributed by atoms with Crippen molar-refractivity contribution in [2.75, 3.05) is 14.2 Å². The van der Waals surface area contributed by atoms with E-state index in [1.54, 1.807) is 42.5 Å². The molecule has 120 valence electrons. The molecular weight excluding hydrogens is 296 g/mol. The van der Waals surface area contributed by atoms with E-state index in [4.69, 9.17) is 15.2 Å². The van der Waals surface area contributed by atoms with Crippen LogP contribution in [0.4, 0.5) is 0 Å².